The number of nitrogens with one attached hydrogen (secondary N) is 2. The van der Waals surface area contributed by atoms with Crippen LogP contribution in [0.3, 0.4) is 0 Å². The number of H-pyrrole nitrogens is 1. The molecule has 6 nitrogen and oxygen atoms in total. The maximum Gasteiger partial charge on any atom is 0.354 e. The number of nitrogens with zero attached hydrogens (tertiary/aromatic N) is 1. The summed E-state index contributed by atoms with van der Waals surface area (Å²) in [5.41, 5.74) is -0.248. The van der Waals surface area contributed by atoms with Gasteiger partial charge >= 0.3 is 5.97 Å². The quantitative estimate of drug-likeness (QED) is 0.718. The van der Waals surface area contributed by atoms with Crippen molar-refractivity contribution in [3.8, 4) is 0 Å². The third-order valence-corrected chi connectivity index (χ3v) is 2.90. The molecule has 2 atom stereocenters. The van der Waals surface area contributed by atoms with Crippen molar-refractivity contribution in [1.29, 1.82) is 0 Å². The second-order valence-electron chi connectivity index (χ2n) is 4.55. The lowest BCUT2D eigenvalue weighted by molar-refractivity contribution is 0.0684. The minimum atomic E-state index is -1.19. The summed E-state index contributed by atoms with van der Waals surface area (Å²) in [4.78, 5) is 28.9. The van der Waals surface area contributed by atoms with Gasteiger partial charge in [0.2, 0.25) is 0 Å². The van der Waals surface area contributed by atoms with Crippen LogP contribution in [0.15, 0.2) is 6.33 Å². The van der Waals surface area contributed by atoms with Crippen molar-refractivity contribution in [2.24, 2.45) is 5.92 Å². The maximum atomic E-state index is 11.9. The van der Waals surface area contributed by atoms with Gasteiger partial charge in [-0.2, -0.15) is 0 Å². The third-order valence-electron chi connectivity index (χ3n) is 2.90. The average molecular weight is 253 g/mol. The zero-order valence-corrected chi connectivity index (χ0v) is 10.9. The summed E-state index contributed by atoms with van der Waals surface area (Å²) in [5.74, 6) is -1.13. The molecule has 0 fully saturated rings. The molecule has 1 amide bonds. The first kappa shape index (κ1) is 14.2. The van der Waals surface area contributed by atoms with Crippen molar-refractivity contribution in [2.75, 3.05) is 0 Å². The van der Waals surface area contributed by atoms with E-state index in [-0.39, 0.29) is 17.4 Å². The van der Waals surface area contributed by atoms with Crippen LogP contribution in [-0.2, 0) is 0 Å². The number of carboxylic acid groups (broad SMARTS) is 1. The molecule has 1 heterocycles. The summed E-state index contributed by atoms with van der Waals surface area (Å²) in [6, 6.07) is -0.00852. The van der Waals surface area contributed by atoms with Gasteiger partial charge in [-0.15, -0.1) is 0 Å². The Hall–Kier alpha value is -1.85. The van der Waals surface area contributed by atoms with Crippen molar-refractivity contribution < 1.29 is 14.7 Å². The van der Waals surface area contributed by atoms with Gasteiger partial charge in [-0.05, 0) is 19.3 Å². The lowest BCUT2D eigenvalue weighted by Gasteiger charge is -2.17. The van der Waals surface area contributed by atoms with E-state index < -0.39 is 11.9 Å². The fraction of sp³-hybridized carbons (Fsp3) is 0.583. The topological polar surface area (TPSA) is 95.1 Å². The van der Waals surface area contributed by atoms with E-state index in [1.165, 1.54) is 6.33 Å². The second kappa shape index (κ2) is 6.18. The molecule has 0 spiro atoms. The number of aromatic amines is 1. The van der Waals surface area contributed by atoms with Gasteiger partial charge in [0.05, 0.1) is 6.33 Å². The van der Waals surface area contributed by atoms with Crippen molar-refractivity contribution in [2.45, 2.75) is 39.7 Å². The average Bonchev–Trinajstić information content (AvgIpc) is 2.77. The monoisotopic (exact) mass is 253 g/mol. The SMILES string of the molecule is CCC(C)CC(C)NC(=O)c1nc[nH]c1C(=O)O. The highest BCUT2D eigenvalue weighted by Crippen LogP contribution is 2.10. The fourth-order valence-electron chi connectivity index (χ4n) is 1.75. The van der Waals surface area contributed by atoms with Crippen molar-refractivity contribution in [3.05, 3.63) is 17.7 Å². The highest BCUT2D eigenvalue weighted by Gasteiger charge is 2.21. The molecule has 0 aliphatic carbocycles. The highest BCUT2D eigenvalue weighted by atomic mass is 16.4. The Morgan fingerprint density at radius 1 is 1.50 bits per heavy atom. The standard InChI is InChI=1S/C12H19N3O3/c1-4-7(2)5-8(3)15-11(16)9-10(12(17)18)14-6-13-9/h6-8H,4-5H2,1-3H3,(H,13,14)(H,15,16)(H,17,18). The lowest BCUT2D eigenvalue weighted by atomic mass is 10.0. The number of carbonyl (C=O) groups is 2. The molecule has 3 N–H and O–H groups in total. The minimum absolute atomic E-state index is 0.00852. The van der Waals surface area contributed by atoms with Crippen molar-refractivity contribution in [3.63, 3.8) is 0 Å². The van der Waals surface area contributed by atoms with E-state index in [2.05, 4.69) is 29.1 Å². The van der Waals surface area contributed by atoms with E-state index >= 15 is 0 Å². The molecule has 18 heavy (non-hydrogen) atoms. The Labute approximate surface area is 106 Å². The smallest absolute Gasteiger partial charge is 0.354 e. The van der Waals surface area contributed by atoms with Crippen LogP contribution in [0.4, 0.5) is 0 Å². The summed E-state index contributed by atoms with van der Waals surface area (Å²) < 4.78 is 0. The first-order valence-electron chi connectivity index (χ1n) is 6.03. The van der Waals surface area contributed by atoms with Crippen molar-refractivity contribution >= 4 is 11.9 Å². The molecule has 0 aliphatic heterocycles. The van der Waals surface area contributed by atoms with Crippen LogP contribution < -0.4 is 5.32 Å². The summed E-state index contributed by atoms with van der Waals surface area (Å²) >= 11 is 0. The van der Waals surface area contributed by atoms with E-state index in [1.54, 1.807) is 0 Å². The van der Waals surface area contributed by atoms with Gasteiger partial charge in [-0.1, -0.05) is 20.3 Å². The normalized spacial score (nSPS) is 13.9. The molecule has 0 bridgehead atoms. The van der Waals surface area contributed by atoms with Crippen LogP contribution in [0.1, 0.15) is 54.6 Å². The Morgan fingerprint density at radius 3 is 2.72 bits per heavy atom. The second-order valence-corrected chi connectivity index (χ2v) is 4.55. The molecule has 0 aliphatic rings. The van der Waals surface area contributed by atoms with E-state index in [1.807, 2.05) is 6.92 Å². The number of amides is 1. The first-order valence-corrected chi connectivity index (χ1v) is 6.03. The maximum absolute atomic E-state index is 11.9. The lowest BCUT2D eigenvalue weighted by Crippen LogP contribution is -2.34. The number of aromatic nitrogens is 2. The Bertz CT molecular complexity index is 428. The fourth-order valence-corrected chi connectivity index (χ4v) is 1.75. The van der Waals surface area contributed by atoms with Crippen molar-refractivity contribution in [1.82, 2.24) is 15.3 Å². The number of rotatable bonds is 6. The van der Waals surface area contributed by atoms with E-state index in [0.717, 1.165) is 12.8 Å². The summed E-state index contributed by atoms with van der Waals surface area (Å²) in [6.07, 6.45) is 3.11. The number of aromatic carboxylic acids is 1. The minimum Gasteiger partial charge on any atom is -0.477 e. The number of carbonyl (C=O) groups excluding carboxylic acids is 1. The molecular weight excluding hydrogens is 234 g/mol. The van der Waals surface area contributed by atoms with Crippen LogP contribution in [0.5, 0.6) is 0 Å². The third kappa shape index (κ3) is 3.58. The molecule has 0 saturated heterocycles. The van der Waals surface area contributed by atoms with Crippen LogP contribution >= 0.6 is 0 Å². The molecule has 1 aromatic rings. The molecule has 1 aromatic heterocycles. The van der Waals surface area contributed by atoms with E-state index in [9.17, 15) is 9.59 Å². The predicted molar refractivity (Wildman–Crippen MR) is 66.5 cm³/mol. The predicted octanol–water partition coefficient (Wildman–Crippen LogP) is 1.66. The Balaban J connectivity index is 2.65. The Kier molecular flexibility index (Phi) is 4.88. The highest BCUT2D eigenvalue weighted by molar-refractivity contribution is 6.02. The number of hydrogen-bond acceptors (Lipinski definition) is 3. The molecule has 0 radical (unpaired) electrons. The number of imidazole rings is 1. The van der Waals surface area contributed by atoms with Gasteiger partial charge < -0.3 is 15.4 Å². The van der Waals surface area contributed by atoms with E-state index in [4.69, 9.17) is 5.11 Å². The molecule has 1 rings (SSSR count). The van der Waals surface area contributed by atoms with Gasteiger partial charge in [0.15, 0.2) is 11.4 Å². The zero-order valence-electron chi connectivity index (χ0n) is 10.9. The van der Waals surface area contributed by atoms with Gasteiger partial charge in [-0.25, -0.2) is 9.78 Å². The first-order chi connectivity index (χ1) is 8.45. The van der Waals surface area contributed by atoms with Gasteiger partial charge in [0.25, 0.3) is 5.91 Å². The van der Waals surface area contributed by atoms with Crippen LogP contribution in [-0.4, -0.2) is 33.0 Å². The van der Waals surface area contributed by atoms with Crippen LogP contribution in [0.25, 0.3) is 0 Å². The largest absolute Gasteiger partial charge is 0.477 e. The molecular formula is C12H19N3O3. The van der Waals surface area contributed by atoms with Crippen LogP contribution in [0.2, 0.25) is 0 Å². The molecule has 2 unspecified atom stereocenters. The van der Waals surface area contributed by atoms with Gasteiger partial charge in [-0.3, -0.25) is 4.79 Å². The van der Waals surface area contributed by atoms with E-state index in [0.29, 0.717) is 5.92 Å². The number of hydrogen-bond donors (Lipinski definition) is 3. The summed E-state index contributed by atoms with van der Waals surface area (Å²) in [7, 11) is 0. The Morgan fingerprint density at radius 2 is 2.17 bits per heavy atom. The van der Waals surface area contributed by atoms with Crippen LogP contribution in [0, 0.1) is 5.92 Å². The molecule has 6 heteroatoms. The molecule has 100 valence electrons. The summed E-state index contributed by atoms with van der Waals surface area (Å²) in [6.45, 7) is 6.10. The summed E-state index contributed by atoms with van der Waals surface area (Å²) in [5, 5.41) is 11.6. The molecule has 0 aromatic carbocycles. The molecule has 0 saturated carbocycles. The number of carboxylic acids is 1. The van der Waals surface area contributed by atoms with Gasteiger partial charge in [0, 0.05) is 6.04 Å². The van der Waals surface area contributed by atoms with Gasteiger partial charge in [0.1, 0.15) is 0 Å². The zero-order chi connectivity index (χ0) is 13.7.